The first-order valence-electron chi connectivity index (χ1n) is 13.6. The third-order valence-corrected chi connectivity index (χ3v) is 7.97. The minimum atomic E-state index is -0.129. The molecule has 5 aromatic rings. The molecule has 0 aromatic heterocycles. The highest BCUT2D eigenvalue weighted by Gasteiger charge is 2.27. The quantitative estimate of drug-likeness (QED) is 0.161. The summed E-state index contributed by atoms with van der Waals surface area (Å²) in [5.74, 6) is 0. The Morgan fingerprint density at radius 3 is 1.82 bits per heavy atom. The van der Waals surface area contributed by atoms with Crippen LogP contribution in [0.3, 0.4) is 0 Å². The minimum Gasteiger partial charge on any atom is -0.0991 e. The summed E-state index contributed by atoms with van der Waals surface area (Å²) >= 11 is 0. The van der Waals surface area contributed by atoms with E-state index in [2.05, 4.69) is 148 Å². The van der Waals surface area contributed by atoms with Crippen LogP contribution in [0.15, 0.2) is 158 Å². The summed E-state index contributed by atoms with van der Waals surface area (Å²) in [6.45, 7) is 10.3. The smallest absolute Gasteiger partial charge is 0.0147 e. The SMILES string of the molecule is C=C/C=C(\C=C)C1(C)C=C(c2ccc3c(-c4ccccc4)c4ccccc4c(-c4ccccc4)c3c2)C=CC1. The summed E-state index contributed by atoms with van der Waals surface area (Å²) in [4.78, 5) is 0. The van der Waals surface area contributed by atoms with Gasteiger partial charge in [-0.15, -0.1) is 0 Å². The van der Waals surface area contributed by atoms with Gasteiger partial charge in [0.1, 0.15) is 0 Å². The first kappa shape index (κ1) is 24.6. The van der Waals surface area contributed by atoms with Gasteiger partial charge in [0.2, 0.25) is 0 Å². The second-order valence-electron chi connectivity index (χ2n) is 10.5. The van der Waals surface area contributed by atoms with Gasteiger partial charge >= 0.3 is 0 Å². The van der Waals surface area contributed by atoms with Crippen molar-refractivity contribution in [3.8, 4) is 22.3 Å². The van der Waals surface area contributed by atoms with E-state index in [-0.39, 0.29) is 5.41 Å². The van der Waals surface area contributed by atoms with Crippen molar-refractivity contribution in [1.29, 1.82) is 0 Å². The van der Waals surface area contributed by atoms with Crippen molar-refractivity contribution in [2.45, 2.75) is 13.3 Å². The van der Waals surface area contributed by atoms with Gasteiger partial charge < -0.3 is 0 Å². The van der Waals surface area contributed by atoms with E-state index in [1.807, 2.05) is 12.2 Å². The maximum Gasteiger partial charge on any atom is 0.0147 e. The van der Waals surface area contributed by atoms with E-state index in [0.717, 1.165) is 6.42 Å². The molecule has 0 amide bonds. The zero-order valence-electron chi connectivity index (χ0n) is 22.4. The Morgan fingerprint density at radius 2 is 1.23 bits per heavy atom. The molecule has 188 valence electrons. The van der Waals surface area contributed by atoms with Crippen LogP contribution in [0, 0.1) is 5.41 Å². The Balaban J connectivity index is 1.68. The fraction of sp³-hybridized carbons (Fsp3) is 0.0769. The lowest BCUT2D eigenvalue weighted by Crippen LogP contribution is -2.17. The Labute approximate surface area is 231 Å². The van der Waals surface area contributed by atoms with E-state index >= 15 is 0 Å². The van der Waals surface area contributed by atoms with Gasteiger partial charge in [-0.3, -0.25) is 0 Å². The summed E-state index contributed by atoms with van der Waals surface area (Å²) in [6, 6.07) is 37.4. The van der Waals surface area contributed by atoms with Crippen LogP contribution in [-0.2, 0) is 0 Å². The van der Waals surface area contributed by atoms with Crippen molar-refractivity contribution in [1.82, 2.24) is 0 Å². The average molecular weight is 501 g/mol. The van der Waals surface area contributed by atoms with Crippen LogP contribution in [0.25, 0.3) is 49.4 Å². The van der Waals surface area contributed by atoms with Crippen molar-refractivity contribution < 1.29 is 0 Å². The topological polar surface area (TPSA) is 0 Å². The molecule has 0 N–H and O–H groups in total. The largest absolute Gasteiger partial charge is 0.0991 e. The van der Waals surface area contributed by atoms with E-state index in [1.54, 1.807) is 0 Å². The van der Waals surface area contributed by atoms with Crippen molar-refractivity contribution in [3.63, 3.8) is 0 Å². The lowest BCUT2D eigenvalue weighted by atomic mass is 9.74. The lowest BCUT2D eigenvalue weighted by molar-refractivity contribution is 0.533. The summed E-state index contributed by atoms with van der Waals surface area (Å²) in [7, 11) is 0. The van der Waals surface area contributed by atoms with Gasteiger partial charge in [0.15, 0.2) is 0 Å². The molecule has 5 aromatic carbocycles. The van der Waals surface area contributed by atoms with E-state index in [9.17, 15) is 0 Å². The van der Waals surface area contributed by atoms with Crippen molar-refractivity contribution in [3.05, 3.63) is 164 Å². The van der Waals surface area contributed by atoms with Crippen molar-refractivity contribution in [2.75, 3.05) is 0 Å². The fourth-order valence-corrected chi connectivity index (χ4v) is 6.07. The maximum atomic E-state index is 4.08. The molecule has 0 saturated heterocycles. The zero-order valence-corrected chi connectivity index (χ0v) is 22.4. The van der Waals surface area contributed by atoms with Crippen molar-refractivity contribution >= 4 is 27.1 Å². The van der Waals surface area contributed by atoms with E-state index < -0.39 is 0 Å². The second-order valence-corrected chi connectivity index (χ2v) is 10.5. The van der Waals surface area contributed by atoms with Gasteiger partial charge in [-0.05, 0) is 73.0 Å². The molecular weight excluding hydrogens is 468 g/mol. The molecule has 0 radical (unpaired) electrons. The molecule has 1 aliphatic carbocycles. The predicted octanol–water partition coefficient (Wildman–Crippen LogP) is 11.0. The van der Waals surface area contributed by atoms with Crippen LogP contribution in [-0.4, -0.2) is 0 Å². The number of hydrogen-bond donors (Lipinski definition) is 0. The van der Waals surface area contributed by atoms with Gasteiger partial charge in [0.05, 0.1) is 0 Å². The third kappa shape index (κ3) is 4.39. The van der Waals surface area contributed by atoms with Crippen LogP contribution in [0.2, 0.25) is 0 Å². The highest BCUT2D eigenvalue weighted by atomic mass is 14.3. The Hall–Kier alpha value is -4.68. The molecule has 39 heavy (non-hydrogen) atoms. The molecule has 0 spiro atoms. The van der Waals surface area contributed by atoms with Crippen LogP contribution in [0.1, 0.15) is 18.9 Å². The van der Waals surface area contributed by atoms with Crippen LogP contribution >= 0.6 is 0 Å². The lowest BCUT2D eigenvalue weighted by Gasteiger charge is -2.30. The standard InChI is InChI=1S/C39H32/c1-4-15-32(5-2)39(3)25-14-20-31(27-39)30-23-24-35-36(26-30)38(29-18-10-7-11-19-29)34-22-13-12-21-33(34)37(35)28-16-8-6-9-17-28/h4-24,26-27H,1-2,25H2,3H3/b32-15+. The molecule has 0 nitrogen and oxygen atoms in total. The Morgan fingerprint density at radius 1 is 0.667 bits per heavy atom. The zero-order chi connectivity index (χ0) is 26.8. The molecule has 0 bridgehead atoms. The Kier molecular flexibility index (Phi) is 6.47. The average Bonchev–Trinajstić information content (AvgIpc) is 2.99. The van der Waals surface area contributed by atoms with Crippen LogP contribution < -0.4 is 0 Å². The molecular formula is C39H32. The van der Waals surface area contributed by atoms with Gasteiger partial charge in [0, 0.05) is 5.41 Å². The molecule has 0 heterocycles. The van der Waals surface area contributed by atoms with Crippen molar-refractivity contribution in [2.24, 2.45) is 5.41 Å². The van der Waals surface area contributed by atoms with Gasteiger partial charge in [0.25, 0.3) is 0 Å². The molecule has 0 heteroatoms. The predicted molar refractivity (Wildman–Crippen MR) is 171 cm³/mol. The van der Waals surface area contributed by atoms with Gasteiger partial charge in [-0.1, -0.05) is 154 Å². The molecule has 0 fully saturated rings. The normalized spacial score (nSPS) is 17.3. The highest BCUT2D eigenvalue weighted by Crippen LogP contribution is 2.45. The Bertz CT molecular complexity index is 1800. The first-order chi connectivity index (χ1) is 19.1. The minimum absolute atomic E-state index is 0.129. The summed E-state index contributed by atoms with van der Waals surface area (Å²) in [5, 5.41) is 5.08. The van der Waals surface area contributed by atoms with E-state index in [4.69, 9.17) is 0 Å². The van der Waals surface area contributed by atoms with Crippen LogP contribution in [0.4, 0.5) is 0 Å². The van der Waals surface area contributed by atoms with E-state index in [0.29, 0.717) is 0 Å². The number of fused-ring (bicyclic) bond motifs is 2. The molecule has 1 unspecified atom stereocenters. The number of hydrogen-bond acceptors (Lipinski definition) is 0. The summed E-state index contributed by atoms with van der Waals surface area (Å²) < 4.78 is 0. The molecule has 1 aliphatic rings. The van der Waals surface area contributed by atoms with E-state index in [1.165, 1.54) is 60.5 Å². The fourth-order valence-electron chi connectivity index (χ4n) is 6.07. The van der Waals surface area contributed by atoms with Gasteiger partial charge in [-0.25, -0.2) is 0 Å². The number of rotatable bonds is 6. The summed E-state index contributed by atoms with van der Waals surface area (Å²) in [5.41, 5.74) is 8.54. The first-order valence-corrected chi connectivity index (χ1v) is 13.6. The molecule has 1 atom stereocenters. The highest BCUT2D eigenvalue weighted by molar-refractivity contribution is 6.21. The molecule has 0 aliphatic heterocycles. The second kappa shape index (κ2) is 10.2. The van der Waals surface area contributed by atoms with Gasteiger partial charge in [-0.2, -0.15) is 0 Å². The van der Waals surface area contributed by atoms with Crippen LogP contribution in [0.5, 0.6) is 0 Å². The molecule has 6 rings (SSSR count). The molecule has 0 saturated carbocycles. The monoisotopic (exact) mass is 500 g/mol. The third-order valence-electron chi connectivity index (χ3n) is 7.97. The summed E-state index contributed by atoms with van der Waals surface area (Å²) in [6.07, 6.45) is 13.8. The number of benzene rings is 5. The number of allylic oxidation sites excluding steroid dienone is 8. The maximum absolute atomic E-state index is 4.08.